The van der Waals surface area contributed by atoms with Crippen molar-refractivity contribution in [1.29, 1.82) is 0 Å². The molecule has 0 fully saturated rings. The Bertz CT molecular complexity index is 234. The average molecular weight is 282 g/mol. The molecule has 118 valence electrons. The Labute approximate surface area is 126 Å². The molecule has 0 aromatic carbocycles. The van der Waals surface area contributed by atoms with Gasteiger partial charge >= 0.3 is 5.97 Å². The van der Waals surface area contributed by atoms with Gasteiger partial charge in [0.25, 0.3) is 0 Å². The molecule has 0 amide bonds. The number of hydrogen-bond donors (Lipinski definition) is 0. The number of unbranched alkanes of at least 4 members (excludes halogenated alkanes) is 10. The van der Waals surface area contributed by atoms with E-state index in [1.165, 1.54) is 77.6 Å². The zero-order chi connectivity index (χ0) is 14.9. The minimum absolute atomic E-state index is 0.162. The maximum absolute atomic E-state index is 10.5. The molecule has 0 rings (SSSR count). The number of ether oxygens (including phenoxy) is 1. The van der Waals surface area contributed by atoms with Gasteiger partial charge < -0.3 is 4.74 Å². The van der Waals surface area contributed by atoms with E-state index >= 15 is 0 Å². The third kappa shape index (κ3) is 17.2. The van der Waals surface area contributed by atoms with Gasteiger partial charge in [0.2, 0.25) is 0 Å². The number of carbonyl (C=O) groups excluding carboxylic acids is 1. The van der Waals surface area contributed by atoms with Gasteiger partial charge in [0.15, 0.2) is 0 Å². The smallest absolute Gasteiger partial charge is 0.302 e. The number of rotatable bonds is 14. The van der Waals surface area contributed by atoms with Crippen molar-refractivity contribution in [3.8, 4) is 0 Å². The summed E-state index contributed by atoms with van der Waals surface area (Å²) in [6, 6.07) is 0. The van der Waals surface area contributed by atoms with Gasteiger partial charge in [-0.2, -0.15) is 0 Å². The molecule has 2 heteroatoms. The van der Waals surface area contributed by atoms with E-state index in [0.29, 0.717) is 6.61 Å². The predicted molar refractivity (Wildman–Crippen MR) is 86.9 cm³/mol. The molecule has 0 spiro atoms. The first-order chi connectivity index (χ1) is 9.77. The molecule has 0 aliphatic rings. The molecule has 0 aromatic rings. The fourth-order valence-electron chi connectivity index (χ4n) is 2.21. The second-order valence-corrected chi connectivity index (χ2v) is 5.57. The van der Waals surface area contributed by atoms with Crippen LogP contribution in [0.3, 0.4) is 0 Å². The molecule has 2 nitrogen and oxygen atoms in total. The Balaban J connectivity index is 3.06. The summed E-state index contributed by atoms with van der Waals surface area (Å²) in [4.78, 5) is 10.5. The van der Waals surface area contributed by atoms with Gasteiger partial charge in [0.05, 0.1) is 6.61 Å². The van der Waals surface area contributed by atoms with Crippen molar-refractivity contribution in [3.05, 3.63) is 12.2 Å². The molecule has 0 unspecified atom stereocenters. The van der Waals surface area contributed by atoms with E-state index in [-0.39, 0.29) is 5.97 Å². The van der Waals surface area contributed by atoms with Gasteiger partial charge in [-0.3, -0.25) is 4.79 Å². The molecule has 0 aliphatic heterocycles. The minimum Gasteiger partial charge on any atom is -0.466 e. The highest BCUT2D eigenvalue weighted by Crippen LogP contribution is 2.08. The summed E-state index contributed by atoms with van der Waals surface area (Å²) >= 11 is 0. The molecule has 0 N–H and O–H groups in total. The van der Waals surface area contributed by atoms with Crippen LogP contribution in [0.5, 0.6) is 0 Å². The lowest BCUT2D eigenvalue weighted by molar-refractivity contribution is -0.141. The van der Waals surface area contributed by atoms with E-state index < -0.39 is 0 Å². The molecular formula is C18H34O2. The first-order valence-corrected chi connectivity index (χ1v) is 8.55. The van der Waals surface area contributed by atoms with E-state index in [1.54, 1.807) is 0 Å². The van der Waals surface area contributed by atoms with Crippen LogP contribution < -0.4 is 0 Å². The largest absolute Gasteiger partial charge is 0.466 e. The lowest BCUT2D eigenvalue weighted by Crippen LogP contribution is -1.99. The lowest BCUT2D eigenvalue weighted by Gasteiger charge is -2.01. The van der Waals surface area contributed by atoms with E-state index in [0.717, 1.165) is 6.42 Å². The SMILES string of the molecule is CCCCCCC/C=C\CCCCCCCOC(C)=O. The lowest BCUT2D eigenvalue weighted by atomic mass is 10.1. The summed E-state index contributed by atoms with van der Waals surface area (Å²) in [5.74, 6) is -0.162. The summed E-state index contributed by atoms with van der Waals surface area (Å²) in [5, 5.41) is 0. The Morgan fingerprint density at radius 3 is 1.85 bits per heavy atom. The predicted octanol–water partition coefficient (Wildman–Crippen LogP) is 5.81. The van der Waals surface area contributed by atoms with Crippen molar-refractivity contribution in [2.75, 3.05) is 6.61 Å². The Hall–Kier alpha value is -0.790. The highest BCUT2D eigenvalue weighted by Gasteiger charge is 1.93. The van der Waals surface area contributed by atoms with Gasteiger partial charge in [-0.1, -0.05) is 64.0 Å². The van der Waals surface area contributed by atoms with Crippen molar-refractivity contribution in [2.45, 2.75) is 90.9 Å². The van der Waals surface area contributed by atoms with Crippen molar-refractivity contribution >= 4 is 5.97 Å². The highest BCUT2D eigenvalue weighted by atomic mass is 16.5. The van der Waals surface area contributed by atoms with E-state index in [4.69, 9.17) is 4.74 Å². The minimum atomic E-state index is -0.162. The van der Waals surface area contributed by atoms with Crippen LogP contribution in [0.15, 0.2) is 12.2 Å². The van der Waals surface area contributed by atoms with E-state index in [2.05, 4.69) is 19.1 Å². The Morgan fingerprint density at radius 2 is 1.30 bits per heavy atom. The maximum atomic E-state index is 10.5. The molecule has 0 saturated carbocycles. The second kappa shape index (κ2) is 16.3. The molecule has 0 radical (unpaired) electrons. The average Bonchev–Trinajstić information content (AvgIpc) is 2.43. The summed E-state index contributed by atoms with van der Waals surface area (Å²) in [5.41, 5.74) is 0. The molecule has 0 aliphatic carbocycles. The van der Waals surface area contributed by atoms with E-state index in [9.17, 15) is 4.79 Å². The quantitative estimate of drug-likeness (QED) is 0.228. The number of carbonyl (C=O) groups is 1. The van der Waals surface area contributed by atoms with Crippen molar-refractivity contribution < 1.29 is 9.53 Å². The third-order valence-electron chi connectivity index (χ3n) is 3.46. The zero-order valence-electron chi connectivity index (χ0n) is 13.7. The van der Waals surface area contributed by atoms with Crippen LogP contribution in [0.4, 0.5) is 0 Å². The van der Waals surface area contributed by atoms with Crippen LogP contribution in [0.2, 0.25) is 0 Å². The first kappa shape index (κ1) is 19.2. The van der Waals surface area contributed by atoms with Crippen LogP contribution in [-0.2, 0) is 9.53 Å². The van der Waals surface area contributed by atoms with Crippen molar-refractivity contribution in [2.24, 2.45) is 0 Å². The van der Waals surface area contributed by atoms with Gasteiger partial charge in [0.1, 0.15) is 0 Å². The van der Waals surface area contributed by atoms with Crippen LogP contribution >= 0.6 is 0 Å². The summed E-state index contributed by atoms with van der Waals surface area (Å²) in [6.45, 7) is 4.32. The topological polar surface area (TPSA) is 26.3 Å². The Morgan fingerprint density at radius 1 is 0.800 bits per heavy atom. The number of allylic oxidation sites excluding steroid dienone is 2. The molecule has 0 aromatic heterocycles. The fraction of sp³-hybridized carbons (Fsp3) is 0.833. The normalized spacial score (nSPS) is 11.1. The van der Waals surface area contributed by atoms with Gasteiger partial charge in [0, 0.05) is 6.92 Å². The zero-order valence-corrected chi connectivity index (χ0v) is 13.7. The highest BCUT2D eigenvalue weighted by molar-refractivity contribution is 5.65. The van der Waals surface area contributed by atoms with Gasteiger partial charge in [-0.15, -0.1) is 0 Å². The van der Waals surface area contributed by atoms with E-state index in [1.807, 2.05) is 0 Å². The van der Waals surface area contributed by atoms with Crippen LogP contribution in [-0.4, -0.2) is 12.6 Å². The Kier molecular flexibility index (Phi) is 15.6. The standard InChI is InChI=1S/C18H34O2/c1-3-4-5-6-7-8-9-10-11-12-13-14-15-16-17-20-18(2)19/h9-10H,3-8,11-17H2,1-2H3/b10-9-. The molecule has 0 bridgehead atoms. The summed E-state index contributed by atoms with van der Waals surface area (Å²) < 4.78 is 4.90. The molecule has 0 saturated heterocycles. The monoisotopic (exact) mass is 282 g/mol. The maximum Gasteiger partial charge on any atom is 0.302 e. The van der Waals surface area contributed by atoms with Crippen LogP contribution in [0, 0.1) is 0 Å². The van der Waals surface area contributed by atoms with Crippen molar-refractivity contribution in [1.82, 2.24) is 0 Å². The summed E-state index contributed by atoms with van der Waals surface area (Å²) in [6.07, 6.45) is 20.1. The molecule has 0 atom stereocenters. The molecular weight excluding hydrogens is 248 g/mol. The molecule has 20 heavy (non-hydrogen) atoms. The summed E-state index contributed by atoms with van der Waals surface area (Å²) in [7, 11) is 0. The third-order valence-corrected chi connectivity index (χ3v) is 3.46. The number of esters is 1. The van der Waals surface area contributed by atoms with Crippen LogP contribution in [0.25, 0.3) is 0 Å². The number of hydrogen-bond acceptors (Lipinski definition) is 2. The first-order valence-electron chi connectivity index (χ1n) is 8.55. The van der Waals surface area contributed by atoms with Gasteiger partial charge in [-0.25, -0.2) is 0 Å². The molecule has 0 heterocycles. The van der Waals surface area contributed by atoms with Crippen LogP contribution in [0.1, 0.15) is 90.9 Å². The van der Waals surface area contributed by atoms with Crippen molar-refractivity contribution in [3.63, 3.8) is 0 Å². The van der Waals surface area contributed by atoms with Gasteiger partial charge in [-0.05, 0) is 32.1 Å². The second-order valence-electron chi connectivity index (χ2n) is 5.57. The fourth-order valence-corrected chi connectivity index (χ4v) is 2.21.